The summed E-state index contributed by atoms with van der Waals surface area (Å²) in [6.45, 7) is 2.92. The van der Waals surface area contributed by atoms with Crippen molar-refractivity contribution in [1.29, 1.82) is 0 Å². The molecule has 1 atom stereocenters. The standard InChI is InChI=1S/C29H32FN5O5/c1-17-13-31-29(32-21-7-9-40-10-8-21)34-27(17)18-3-4-19-14-35(28(38)22(19)11-18)15-26(37)33-24(16-36)23-12-20(30)5-6-25(23)39-2/h3-6,11-13,21,24,36H,7-10,14-16H2,1-2H3,(H,33,37)(H,31,32,34). The maximum atomic E-state index is 13.8. The van der Waals surface area contributed by atoms with Crippen molar-refractivity contribution in [2.45, 2.75) is 38.4 Å². The molecule has 0 aliphatic carbocycles. The normalized spacial score (nSPS) is 16.0. The molecule has 210 valence electrons. The smallest absolute Gasteiger partial charge is 0.254 e. The Balaban J connectivity index is 1.28. The Hall–Kier alpha value is -4.09. The van der Waals surface area contributed by atoms with Crippen LogP contribution in [0.15, 0.2) is 42.6 Å². The van der Waals surface area contributed by atoms with E-state index in [4.69, 9.17) is 14.5 Å². The largest absolute Gasteiger partial charge is 0.496 e. The number of aliphatic hydroxyl groups excluding tert-OH is 1. The summed E-state index contributed by atoms with van der Waals surface area (Å²) in [4.78, 5) is 36.7. The van der Waals surface area contributed by atoms with E-state index in [1.54, 1.807) is 12.3 Å². The average molecular weight is 550 g/mol. The number of methoxy groups -OCH3 is 1. The van der Waals surface area contributed by atoms with Gasteiger partial charge >= 0.3 is 0 Å². The maximum absolute atomic E-state index is 13.8. The number of nitrogens with zero attached hydrogens (tertiary/aromatic N) is 3. The van der Waals surface area contributed by atoms with E-state index in [1.165, 1.54) is 30.2 Å². The van der Waals surface area contributed by atoms with Crippen LogP contribution in [0, 0.1) is 12.7 Å². The molecule has 2 amide bonds. The van der Waals surface area contributed by atoms with Gasteiger partial charge in [0.25, 0.3) is 5.91 Å². The van der Waals surface area contributed by atoms with Gasteiger partial charge in [-0.1, -0.05) is 12.1 Å². The third-order valence-corrected chi connectivity index (χ3v) is 7.21. The predicted octanol–water partition coefficient (Wildman–Crippen LogP) is 3.00. The Morgan fingerprint density at radius 2 is 2.05 bits per heavy atom. The highest BCUT2D eigenvalue weighted by atomic mass is 19.1. The molecular weight excluding hydrogens is 517 g/mol. The van der Waals surface area contributed by atoms with Crippen molar-refractivity contribution in [3.63, 3.8) is 0 Å². The molecule has 2 aliphatic rings. The fourth-order valence-corrected chi connectivity index (χ4v) is 5.08. The second kappa shape index (κ2) is 12.0. The minimum absolute atomic E-state index is 0.220. The third kappa shape index (κ3) is 5.90. The molecule has 10 nitrogen and oxygen atoms in total. The number of halogens is 1. The molecule has 0 bridgehead atoms. The number of hydrogen-bond acceptors (Lipinski definition) is 8. The van der Waals surface area contributed by atoms with E-state index < -0.39 is 24.4 Å². The molecule has 2 aliphatic heterocycles. The predicted molar refractivity (Wildman–Crippen MR) is 145 cm³/mol. The number of aryl methyl sites for hydroxylation is 1. The second-order valence-electron chi connectivity index (χ2n) is 9.98. The van der Waals surface area contributed by atoms with E-state index in [0.717, 1.165) is 35.2 Å². The van der Waals surface area contributed by atoms with Gasteiger partial charge in [-0.25, -0.2) is 14.4 Å². The zero-order valence-corrected chi connectivity index (χ0v) is 22.4. The third-order valence-electron chi connectivity index (χ3n) is 7.21. The van der Waals surface area contributed by atoms with Crippen LogP contribution in [-0.4, -0.2) is 71.3 Å². The summed E-state index contributed by atoms with van der Waals surface area (Å²) in [5.74, 6) is -0.407. The summed E-state index contributed by atoms with van der Waals surface area (Å²) in [5.41, 5.74) is 4.01. The van der Waals surface area contributed by atoms with E-state index in [2.05, 4.69) is 15.6 Å². The number of aromatic nitrogens is 2. The van der Waals surface area contributed by atoms with Crippen LogP contribution in [0.1, 0.15) is 45.9 Å². The molecule has 40 heavy (non-hydrogen) atoms. The molecular formula is C29H32FN5O5. The second-order valence-corrected chi connectivity index (χ2v) is 9.98. The van der Waals surface area contributed by atoms with Crippen LogP contribution in [0.2, 0.25) is 0 Å². The van der Waals surface area contributed by atoms with Crippen LogP contribution < -0.4 is 15.4 Å². The molecule has 1 unspecified atom stereocenters. The molecule has 2 aromatic carbocycles. The van der Waals surface area contributed by atoms with Gasteiger partial charge in [0.2, 0.25) is 11.9 Å². The lowest BCUT2D eigenvalue weighted by Gasteiger charge is -2.23. The number of anilines is 1. The number of hydrogen-bond donors (Lipinski definition) is 3. The van der Waals surface area contributed by atoms with Crippen molar-refractivity contribution in [2.24, 2.45) is 0 Å². The van der Waals surface area contributed by atoms with E-state index >= 15 is 0 Å². The Morgan fingerprint density at radius 3 is 2.80 bits per heavy atom. The molecule has 11 heteroatoms. The van der Waals surface area contributed by atoms with Gasteiger partial charge in [-0.05, 0) is 55.2 Å². The lowest BCUT2D eigenvalue weighted by Crippen LogP contribution is -2.40. The van der Waals surface area contributed by atoms with Crippen LogP contribution in [-0.2, 0) is 16.1 Å². The lowest BCUT2D eigenvalue weighted by molar-refractivity contribution is -0.122. The minimum Gasteiger partial charge on any atom is -0.496 e. The Labute approximate surface area is 231 Å². The summed E-state index contributed by atoms with van der Waals surface area (Å²) >= 11 is 0. The van der Waals surface area contributed by atoms with Gasteiger partial charge in [0.15, 0.2) is 0 Å². The summed E-state index contributed by atoms with van der Waals surface area (Å²) in [6.07, 6.45) is 3.54. The van der Waals surface area contributed by atoms with Gasteiger partial charge in [0, 0.05) is 48.7 Å². The number of ether oxygens (including phenoxy) is 2. The van der Waals surface area contributed by atoms with Crippen molar-refractivity contribution >= 4 is 17.8 Å². The maximum Gasteiger partial charge on any atom is 0.254 e. The van der Waals surface area contributed by atoms with Crippen LogP contribution in [0.3, 0.4) is 0 Å². The minimum atomic E-state index is -0.894. The molecule has 3 N–H and O–H groups in total. The van der Waals surface area contributed by atoms with Crippen molar-refractivity contribution in [2.75, 3.05) is 38.8 Å². The van der Waals surface area contributed by atoms with Crippen LogP contribution >= 0.6 is 0 Å². The fraction of sp³-hybridized carbons (Fsp3) is 0.379. The number of carbonyl (C=O) groups is 2. The number of carbonyl (C=O) groups excluding carboxylic acids is 2. The molecule has 3 aromatic rings. The monoisotopic (exact) mass is 549 g/mol. The van der Waals surface area contributed by atoms with E-state index in [1.807, 2.05) is 19.1 Å². The first-order valence-corrected chi connectivity index (χ1v) is 13.2. The van der Waals surface area contributed by atoms with Gasteiger partial charge in [0.1, 0.15) is 18.1 Å². The highest BCUT2D eigenvalue weighted by Gasteiger charge is 2.30. The molecule has 1 aromatic heterocycles. The van der Waals surface area contributed by atoms with Crippen molar-refractivity contribution in [3.8, 4) is 17.0 Å². The summed E-state index contributed by atoms with van der Waals surface area (Å²) in [5, 5.41) is 15.9. The summed E-state index contributed by atoms with van der Waals surface area (Å²) in [6, 6.07) is 8.83. The van der Waals surface area contributed by atoms with Gasteiger partial charge in [0.05, 0.1) is 25.5 Å². The number of nitrogens with one attached hydrogen (secondary N) is 2. The first-order valence-electron chi connectivity index (χ1n) is 13.2. The number of amides is 2. The number of aliphatic hydroxyl groups is 1. The summed E-state index contributed by atoms with van der Waals surface area (Å²) < 4.78 is 24.5. The van der Waals surface area contributed by atoms with Crippen LogP contribution in [0.5, 0.6) is 5.75 Å². The summed E-state index contributed by atoms with van der Waals surface area (Å²) in [7, 11) is 1.42. The molecule has 0 spiro atoms. The highest BCUT2D eigenvalue weighted by Crippen LogP contribution is 2.30. The molecule has 1 saturated heterocycles. The first kappa shape index (κ1) is 27.5. The number of rotatable bonds is 9. The lowest BCUT2D eigenvalue weighted by atomic mass is 10.0. The van der Waals surface area contributed by atoms with Gasteiger partial charge in [-0.2, -0.15) is 0 Å². The van der Waals surface area contributed by atoms with Gasteiger partial charge < -0.3 is 30.1 Å². The average Bonchev–Trinajstić information content (AvgIpc) is 3.27. The van der Waals surface area contributed by atoms with Crippen molar-refractivity contribution in [1.82, 2.24) is 20.2 Å². The topological polar surface area (TPSA) is 126 Å². The fourth-order valence-electron chi connectivity index (χ4n) is 5.08. The Bertz CT molecular complexity index is 1410. The molecule has 5 rings (SSSR count). The Morgan fingerprint density at radius 1 is 1.25 bits per heavy atom. The number of benzene rings is 2. The van der Waals surface area contributed by atoms with Gasteiger partial charge in [-0.3, -0.25) is 9.59 Å². The zero-order chi connectivity index (χ0) is 28.2. The van der Waals surface area contributed by atoms with E-state index in [0.29, 0.717) is 36.0 Å². The van der Waals surface area contributed by atoms with Crippen molar-refractivity contribution < 1.29 is 28.6 Å². The van der Waals surface area contributed by atoms with Crippen molar-refractivity contribution in [3.05, 3.63) is 70.7 Å². The van der Waals surface area contributed by atoms with E-state index in [9.17, 15) is 19.1 Å². The SMILES string of the molecule is COc1ccc(F)cc1C(CO)NC(=O)CN1Cc2ccc(-c3nc(NC4CCOCC4)ncc3C)cc2C1=O. The molecule has 1 fully saturated rings. The molecule has 0 radical (unpaired) electrons. The Kier molecular flexibility index (Phi) is 8.22. The zero-order valence-electron chi connectivity index (χ0n) is 22.4. The van der Waals surface area contributed by atoms with Gasteiger partial charge in [-0.15, -0.1) is 0 Å². The van der Waals surface area contributed by atoms with Crippen LogP contribution in [0.25, 0.3) is 11.3 Å². The number of fused-ring (bicyclic) bond motifs is 1. The van der Waals surface area contributed by atoms with E-state index in [-0.39, 0.29) is 25.0 Å². The highest BCUT2D eigenvalue weighted by molar-refractivity contribution is 6.01. The first-order chi connectivity index (χ1) is 19.4. The quantitative estimate of drug-likeness (QED) is 0.372. The molecule has 0 saturated carbocycles. The van der Waals surface area contributed by atoms with Crippen LogP contribution in [0.4, 0.5) is 10.3 Å². The molecule has 3 heterocycles.